The third kappa shape index (κ3) is 4.17. The predicted molar refractivity (Wildman–Crippen MR) is 118 cm³/mol. The van der Waals surface area contributed by atoms with E-state index in [1.165, 1.54) is 12.1 Å². The first kappa shape index (κ1) is 19.3. The van der Waals surface area contributed by atoms with Crippen molar-refractivity contribution in [1.82, 2.24) is 9.55 Å². The van der Waals surface area contributed by atoms with Gasteiger partial charge in [-0.3, -0.25) is 19.5 Å². The van der Waals surface area contributed by atoms with Crippen molar-refractivity contribution in [3.05, 3.63) is 116 Å². The maximum Gasteiger partial charge on any atom is 0.270 e. The normalized spacial score (nSPS) is 11.2. The highest BCUT2D eigenvalue weighted by Crippen LogP contribution is 2.16. The molecule has 0 spiro atoms. The number of benzene rings is 3. The molecule has 1 heterocycles. The maximum absolute atomic E-state index is 13.1. The summed E-state index contributed by atoms with van der Waals surface area (Å²) < 4.78 is 1.66. The smallest absolute Gasteiger partial charge is 0.270 e. The number of hydrogen-bond donors (Lipinski definition) is 0. The van der Waals surface area contributed by atoms with Gasteiger partial charge in [0.1, 0.15) is 5.82 Å². The molecule has 4 rings (SSSR count). The summed E-state index contributed by atoms with van der Waals surface area (Å²) in [4.78, 5) is 28.4. The zero-order valence-corrected chi connectivity index (χ0v) is 16.1. The highest BCUT2D eigenvalue weighted by molar-refractivity contribution is 5.79. The maximum atomic E-state index is 13.1. The molecule has 0 aliphatic heterocycles. The lowest BCUT2D eigenvalue weighted by molar-refractivity contribution is -0.384. The van der Waals surface area contributed by atoms with Crippen molar-refractivity contribution >= 4 is 28.7 Å². The van der Waals surface area contributed by atoms with Crippen molar-refractivity contribution in [3.8, 4) is 0 Å². The Labute approximate surface area is 172 Å². The molecule has 0 unspecified atom stereocenters. The number of nitro groups is 1. The summed E-state index contributed by atoms with van der Waals surface area (Å²) in [6.07, 6.45) is 4.17. The van der Waals surface area contributed by atoms with Crippen molar-refractivity contribution in [2.45, 2.75) is 13.0 Å². The Bertz CT molecular complexity index is 1290. The molecule has 30 heavy (non-hydrogen) atoms. The van der Waals surface area contributed by atoms with Crippen molar-refractivity contribution in [1.29, 1.82) is 0 Å². The highest BCUT2D eigenvalue weighted by atomic mass is 16.6. The molecule has 0 bridgehead atoms. The number of para-hydroxylation sites is 1. The molecule has 148 valence electrons. The fraction of sp³-hybridized carbons (Fsp3) is 0.0833. The van der Waals surface area contributed by atoms with Gasteiger partial charge in [0.15, 0.2) is 0 Å². The molecule has 0 amide bonds. The lowest BCUT2D eigenvalue weighted by Crippen LogP contribution is -2.24. The van der Waals surface area contributed by atoms with Gasteiger partial charge in [0.2, 0.25) is 0 Å². The average molecular weight is 397 g/mol. The minimum atomic E-state index is -0.429. The number of hydrogen-bond acceptors (Lipinski definition) is 4. The standard InChI is InChI=1S/C24H19N3O3/c28-24-21-11-4-5-12-22(21)25-23(26(24)16-15-18-7-2-1-3-8-18)14-13-19-9-6-10-20(17-19)27(29)30/h1-14,17H,15-16H2. The van der Waals surface area contributed by atoms with Crippen LogP contribution in [-0.4, -0.2) is 14.5 Å². The van der Waals surface area contributed by atoms with E-state index in [1.54, 1.807) is 34.9 Å². The van der Waals surface area contributed by atoms with E-state index in [1.807, 2.05) is 48.5 Å². The fourth-order valence-electron chi connectivity index (χ4n) is 3.33. The van der Waals surface area contributed by atoms with Gasteiger partial charge in [0.05, 0.1) is 15.8 Å². The first-order valence-corrected chi connectivity index (χ1v) is 9.58. The van der Waals surface area contributed by atoms with E-state index in [4.69, 9.17) is 0 Å². The number of non-ortho nitro benzene ring substituents is 1. The quantitative estimate of drug-likeness (QED) is 0.348. The second kappa shape index (κ2) is 8.53. The highest BCUT2D eigenvalue weighted by Gasteiger charge is 2.10. The molecule has 0 saturated carbocycles. The summed E-state index contributed by atoms with van der Waals surface area (Å²) in [6.45, 7) is 0.481. The Morgan fingerprint density at radius 1 is 0.933 bits per heavy atom. The van der Waals surface area contributed by atoms with Crippen LogP contribution in [0.2, 0.25) is 0 Å². The van der Waals surface area contributed by atoms with Crippen LogP contribution < -0.4 is 5.56 Å². The molecular weight excluding hydrogens is 378 g/mol. The number of nitro benzene ring substituents is 1. The molecule has 0 aliphatic carbocycles. The Hall–Kier alpha value is -4.06. The van der Waals surface area contributed by atoms with E-state index in [0.717, 1.165) is 5.56 Å². The molecule has 6 heteroatoms. The number of aryl methyl sites for hydroxylation is 1. The molecule has 0 atom stereocenters. The molecule has 4 aromatic rings. The summed E-state index contributed by atoms with van der Waals surface area (Å²) in [5.74, 6) is 0.515. The summed E-state index contributed by atoms with van der Waals surface area (Å²) in [5, 5.41) is 11.6. The lowest BCUT2D eigenvalue weighted by Gasteiger charge is -2.11. The summed E-state index contributed by atoms with van der Waals surface area (Å²) in [5.41, 5.74) is 2.34. The second-order valence-electron chi connectivity index (χ2n) is 6.86. The van der Waals surface area contributed by atoms with Gasteiger partial charge in [-0.1, -0.05) is 60.7 Å². The van der Waals surface area contributed by atoms with Crippen molar-refractivity contribution in [2.75, 3.05) is 0 Å². The number of fused-ring (bicyclic) bond motifs is 1. The van der Waals surface area contributed by atoms with Gasteiger partial charge in [0.25, 0.3) is 11.2 Å². The molecule has 0 N–H and O–H groups in total. The van der Waals surface area contributed by atoms with Crippen molar-refractivity contribution in [2.24, 2.45) is 0 Å². The second-order valence-corrected chi connectivity index (χ2v) is 6.86. The van der Waals surface area contributed by atoms with Crippen LogP contribution in [0.5, 0.6) is 0 Å². The van der Waals surface area contributed by atoms with Crippen LogP contribution in [0.3, 0.4) is 0 Å². The summed E-state index contributed by atoms with van der Waals surface area (Å²) in [6, 6.07) is 23.6. The van der Waals surface area contributed by atoms with Gasteiger partial charge in [-0.05, 0) is 35.8 Å². The van der Waals surface area contributed by atoms with Crippen LogP contribution in [0.25, 0.3) is 23.1 Å². The van der Waals surface area contributed by atoms with Crippen LogP contribution in [0, 0.1) is 10.1 Å². The molecule has 6 nitrogen and oxygen atoms in total. The number of nitrogens with zero attached hydrogens (tertiary/aromatic N) is 3. The minimum Gasteiger partial charge on any atom is -0.292 e. The lowest BCUT2D eigenvalue weighted by atomic mass is 10.1. The Balaban J connectivity index is 1.74. The summed E-state index contributed by atoms with van der Waals surface area (Å²) >= 11 is 0. The van der Waals surface area contributed by atoms with E-state index in [-0.39, 0.29) is 11.2 Å². The molecule has 0 saturated heterocycles. The zero-order valence-electron chi connectivity index (χ0n) is 16.1. The summed E-state index contributed by atoms with van der Waals surface area (Å²) in [7, 11) is 0. The van der Waals surface area contributed by atoms with E-state index in [9.17, 15) is 14.9 Å². The average Bonchev–Trinajstić information content (AvgIpc) is 2.78. The fourth-order valence-corrected chi connectivity index (χ4v) is 3.33. The van der Waals surface area contributed by atoms with Gasteiger partial charge < -0.3 is 0 Å². The van der Waals surface area contributed by atoms with E-state index < -0.39 is 4.92 Å². The van der Waals surface area contributed by atoms with Gasteiger partial charge >= 0.3 is 0 Å². The van der Waals surface area contributed by atoms with Gasteiger partial charge in [-0.15, -0.1) is 0 Å². The number of rotatable bonds is 6. The molecule has 1 aromatic heterocycles. The van der Waals surface area contributed by atoms with Crippen LogP contribution in [0.1, 0.15) is 17.0 Å². The van der Waals surface area contributed by atoms with Crippen molar-refractivity contribution in [3.63, 3.8) is 0 Å². The van der Waals surface area contributed by atoms with Crippen LogP contribution in [-0.2, 0) is 13.0 Å². The van der Waals surface area contributed by atoms with Gasteiger partial charge in [-0.25, -0.2) is 4.98 Å². The molecular formula is C24H19N3O3. The Morgan fingerprint density at radius 3 is 2.50 bits per heavy atom. The first-order chi connectivity index (χ1) is 14.6. The predicted octanol–water partition coefficient (Wildman–Crippen LogP) is 4.72. The van der Waals surface area contributed by atoms with E-state index in [2.05, 4.69) is 4.98 Å². The van der Waals surface area contributed by atoms with Gasteiger partial charge in [0, 0.05) is 18.7 Å². The molecule has 0 radical (unpaired) electrons. The molecule has 0 aliphatic rings. The largest absolute Gasteiger partial charge is 0.292 e. The molecule has 3 aromatic carbocycles. The third-order valence-corrected chi connectivity index (χ3v) is 4.86. The monoisotopic (exact) mass is 397 g/mol. The van der Waals surface area contributed by atoms with Gasteiger partial charge in [-0.2, -0.15) is 0 Å². The SMILES string of the molecule is O=c1c2ccccc2nc(C=Cc2cccc([N+](=O)[O-])c2)n1CCc1ccccc1. The van der Waals surface area contributed by atoms with E-state index in [0.29, 0.717) is 35.3 Å². The first-order valence-electron chi connectivity index (χ1n) is 9.58. The van der Waals surface area contributed by atoms with Crippen LogP contribution in [0.15, 0.2) is 83.7 Å². The Kier molecular flexibility index (Phi) is 5.48. The number of aromatic nitrogens is 2. The Morgan fingerprint density at radius 2 is 1.70 bits per heavy atom. The topological polar surface area (TPSA) is 78.0 Å². The van der Waals surface area contributed by atoms with Crippen molar-refractivity contribution < 1.29 is 4.92 Å². The van der Waals surface area contributed by atoms with Crippen LogP contribution >= 0.6 is 0 Å². The minimum absolute atomic E-state index is 0.0186. The molecule has 0 fully saturated rings. The zero-order chi connectivity index (χ0) is 20.9. The third-order valence-electron chi connectivity index (χ3n) is 4.86. The van der Waals surface area contributed by atoms with Crippen LogP contribution in [0.4, 0.5) is 5.69 Å². The van der Waals surface area contributed by atoms with E-state index >= 15 is 0 Å².